The summed E-state index contributed by atoms with van der Waals surface area (Å²) in [5.41, 5.74) is 6.20. The molecule has 2 fully saturated rings. The molecule has 4 N–H and O–H groups in total. The molecule has 0 radical (unpaired) electrons. The van der Waals surface area contributed by atoms with Crippen LogP contribution in [0.4, 0.5) is 10.9 Å². The quantitative estimate of drug-likeness (QED) is 0.755. The average molecular weight is 308 g/mol. The number of nitrogens with zero attached hydrogens (tertiary/aromatic N) is 1. The third-order valence-electron chi connectivity index (χ3n) is 5.01. The fourth-order valence-corrected chi connectivity index (χ4v) is 3.62. The number of hydrogen-bond donors (Lipinski definition) is 3. The van der Waals surface area contributed by atoms with Crippen molar-refractivity contribution in [2.24, 2.45) is 11.3 Å². The first-order valence-electron chi connectivity index (χ1n) is 7.81. The van der Waals surface area contributed by atoms with Crippen molar-refractivity contribution in [1.82, 2.24) is 10.3 Å². The van der Waals surface area contributed by atoms with Crippen LogP contribution in [0.3, 0.4) is 0 Å². The van der Waals surface area contributed by atoms with Gasteiger partial charge in [-0.15, -0.1) is 0 Å². The van der Waals surface area contributed by atoms with Crippen LogP contribution in [0, 0.1) is 11.3 Å². The molecular weight excluding hydrogens is 284 g/mol. The van der Waals surface area contributed by atoms with Crippen molar-refractivity contribution in [2.75, 3.05) is 17.6 Å². The van der Waals surface area contributed by atoms with Gasteiger partial charge in [-0.3, -0.25) is 4.79 Å². The van der Waals surface area contributed by atoms with Crippen molar-refractivity contribution >= 4 is 28.2 Å². The van der Waals surface area contributed by atoms with E-state index >= 15 is 0 Å². The SMILES string of the molecule is CC(C)C1(CNC(=O)c2sc(NC3CCC3)nc2N)CC1. The Morgan fingerprint density at radius 2 is 2.19 bits per heavy atom. The van der Waals surface area contributed by atoms with Crippen LogP contribution < -0.4 is 16.4 Å². The Morgan fingerprint density at radius 3 is 2.71 bits per heavy atom. The largest absolute Gasteiger partial charge is 0.382 e. The van der Waals surface area contributed by atoms with Crippen LogP contribution in [0.15, 0.2) is 0 Å². The van der Waals surface area contributed by atoms with Gasteiger partial charge in [-0.1, -0.05) is 25.2 Å². The molecule has 2 aliphatic carbocycles. The zero-order valence-electron chi connectivity index (χ0n) is 12.7. The topological polar surface area (TPSA) is 80.0 Å². The lowest BCUT2D eigenvalue weighted by atomic mass is 9.92. The maximum atomic E-state index is 12.3. The van der Waals surface area contributed by atoms with Gasteiger partial charge in [0.05, 0.1) is 0 Å². The highest BCUT2D eigenvalue weighted by atomic mass is 32.1. The van der Waals surface area contributed by atoms with E-state index in [2.05, 4.69) is 29.5 Å². The molecule has 0 atom stereocenters. The molecule has 1 aromatic rings. The number of nitrogens with one attached hydrogen (secondary N) is 2. The second kappa shape index (κ2) is 5.48. The van der Waals surface area contributed by atoms with Crippen LogP contribution in [0.2, 0.25) is 0 Å². The molecule has 0 bridgehead atoms. The number of carbonyl (C=O) groups is 1. The Labute approximate surface area is 129 Å². The van der Waals surface area contributed by atoms with E-state index in [1.54, 1.807) is 0 Å². The molecule has 2 aliphatic rings. The van der Waals surface area contributed by atoms with E-state index in [1.165, 1.54) is 43.4 Å². The Kier molecular flexibility index (Phi) is 3.82. The molecule has 0 unspecified atom stereocenters. The molecule has 21 heavy (non-hydrogen) atoms. The van der Waals surface area contributed by atoms with Gasteiger partial charge in [0, 0.05) is 12.6 Å². The van der Waals surface area contributed by atoms with Gasteiger partial charge < -0.3 is 16.4 Å². The lowest BCUT2D eigenvalue weighted by Crippen LogP contribution is -2.32. The van der Waals surface area contributed by atoms with Crippen LogP contribution in [-0.2, 0) is 0 Å². The van der Waals surface area contributed by atoms with E-state index in [4.69, 9.17) is 5.73 Å². The van der Waals surface area contributed by atoms with Crippen molar-refractivity contribution in [3.63, 3.8) is 0 Å². The summed E-state index contributed by atoms with van der Waals surface area (Å²) in [4.78, 5) is 17.1. The highest BCUT2D eigenvalue weighted by molar-refractivity contribution is 7.18. The Bertz CT molecular complexity index is 532. The molecule has 1 heterocycles. The number of thiazole rings is 1. The van der Waals surface area contributed by atoms with Crippen molar-refractivity contribution < 1.29 is 4.79 Å². The Balaban J connectivity index is 1.59. The van der Waals surface area contributed by atoms with Gasteiger partial charge in [0.15, 0.2) is 5.13 Å². The normalized spacial score (nSPS) is 20.1. The number of amides is 1. The summed E-state index contributed by atoms with van der Waals surface area (Å²) < 4.78 is 0. The van der Waals surface area contributed by atoms with Crippen molar-refractivity contribution in [3.8, 4) is 0 Å². The molecule has 1 aromatic heterocycles. The molecular formula is C15H24N4OS. The maximum Gasteiger partial charge on any atom is 0.265 e. The molecule has 0 aliphatic heterocycles. The third-order valence-corrected chi connectivity index (χ3v) is 6.01. The van der Waals surface area contributed by atoms with E-state index in [-0.39, 0.29) is 5.91 Å². The molecule has 0 aromatic carbocycles. The van der Waals surface area contributed by atoms with E-state index in [1.807, 2.05) is 0 Å². The first-order chi connectivity index (χ1) is 10.00. The number of anilines is 2. The number of nitrogen functional groups attached to an aromatic ring is 1. The van der Waals surface area contributed by atoms with Crippen molar-refractivity contribution in [3.05, 3.63) is 4.88 Å². The fraction of sp³-hybridized carbons (Fsp3) is 0.733. The first-order valence-corrected chi connectivity index (χ1v) is 8.63. The monoisotopic (exact) mass is 308 g/mol. The van der Waals surface area contributed by atoms with Gasteiger partial charge in [0.25, 0.3) is 5.91 Å². The first kappa shape index (κ1) is 14.6. The highest BCUT2D eigenvalue weighted by Gasteiger charge is 2.45. The van der Waals surface area contributed by atoms with Gasteiger partial charge in [-0.05, 0) is 43.4 Å². The van der Waals surface area contributed by atoms with E-state index in [0.717, 1.165) is 11.7 Å². The lowest BCUT2D eigenvalue weighted by Gasteiger charge is -2.25. The minimum Gasteiger partial charge on any atom is -0.382 e. The van der Waals surface area contributed by atoms with Crippen LogP contribution in [0.5, 0.6) is 0 Å². The van der Waals surface area contributed by atoms with Gasteiger partial charge in [0.1, 0.15) is 10.7 Å². The summed E-state index contributed by atoms with van der Waals surface area (Å²) >= 11 is 1.37. The Morgan fingerprint density at radius 1 is 1.48 bits per heavy atom. The molecule has 5 nitrogen and oxygen atoms in total. The number of hydrogen-bond acceptors (Lipinski definition) is 5. The molecule has 1 amide bonds. The number of nitrogens with two attached hydrogens (primary N) is 1. The molecule has 116 valence electrons. The van der Waals surface area contributed by atoms with E-state index < -0.39 is 0 Å². The molecule has 0 saturated heterocycles. The second-order valence-corrected chi connectivity index (χ2v) is 7.70. The van der Waals surface area contributed by atoms with E-state index in [9.17, 15) is 4.79 Å². The van der Waals surface area contributed by atoms with Gasteiger partial charge in [-0.25, -0.2) is 4.98 Å². The highest BCUT2D eigenvalue weighted by Crippen LogP contribution is 2.51. The average Bonchev–Trinajstić information content (AvgIpc) is 3.10. The fourth-order valence-electron chi connectivity index (χ4n) is 2.74. The predicted molar refractivity (Wildman–Crippen MR) is 86.6 cm³/mol. The minimum absolute atomic E-state index is 0.0846. The van der Waals surface area contributed by atoms with Crippen LogP contribution >= 0.6 is 11.3 Å². The number of rotatable bonds is 6. The Hall–Kier alpha value is -1.30. The van der Waals surface area contributed by atoms with Crippen molar-refractivity contribution in [1.29, 1.82) is 0 Å². The van der Waals surface area contributed by atoms with Gasteiger partial charge >= 0.3 is 0 Å². The summed E-state index contributed by atoms with van der Waals surface area (Å²) in [7, 11) is 0. The standard InChI is InChI=1S/C15H24N4OS/c1-9(2)15(6-7-15)8-17-13(20)11-12(16)19-14(21-11)18-10-4-3-5-10/h9-10H,3-8,16H2,1-2H3,(H,17,20)(H,18,19). The number of aromatic nitrogens is 1. The van der Waals surface area contributed by atoms with Crippen LogP contribution in [0.25, 0.3) is 0 Å². The van der Waals surface area contributed by atoms with Crippen molar-refractivity contribution in [2.45, 2.75) is 52.0 Å². The lowest BCUT2D eigenvalue weighted by molar-refractivity contribution is 0.0944. The zero-order chi connectivity index (χ0) is 15.0. The summed E-state index contributed by atoms with van der Waals surface area (Å²) in [5.74, 6) is 0.861. The summed E-state index contributed by atoms with van der Waals surface area (Å²) in [6.45, 7) is 5.19. The third kappa shape index (κ3) is 3.00. The minimum atomic E-state index is -0.0846. The molecule has 3 rings (SSSR count). The summed E-state index contributed by atoms with van der Waals surface area (Å²) in [6.07, 6.45) is 6.04. The smallest absolute Gasteiger partial charge is 0.265 e. The van der Waals surface area contributed by atoms with E-state index in [0.29, 0.717) is 28.1 Å². The zero-order valence-corrected chi connectivity index (χ0v) is 13.6. The second-order valence-electron chi connectivity index (χ2n) is 6.71. The number of carbonyl (C=O) groups excluding carboxylic acids is 1. The van der Waals surface area contributed by atoms with Gasteiger partial charge in [-0.2, -0.15) is 0 Å². The van der Waals surface area contributed by atoms with Gasteiger partial charge in [0.2, 0.25) is 0 Å². The molecule has 0 spiro atoms. The molecule has 6 heteroatoms. The predicted octanol–water partition coefficient (Wildman–Crippen LogP) is 2.86. The van der Waals surface area contributed by atoms with Crippen LogP contribution in [0.1, 0.15) is 55.6 Å². The summed E-state index contributed by atoms with van der Waals surface area (Å²) in [5, 5.41) is 7.16. The van der Waals surface area contributed by atoms with Crippen LogP contribution in [-0.4, -0.2) is 23.5 Å². The molecule has 2 saturated carbocycles. The summed E-state index contributed by atoms with van der Waals surface area (Å²) in [6, 6.07) is 0.502. The maximum absolute atomic E-state index is 12.3.